The lowest BCUT2D eigenvalue weighted by atomic mass is 9.72. The first-order valence-corrected chi connectivity index (χ1v) is 15.6. The molecule has 1 N–H and O–H groups in total. The van der Waals surface area contributed by atoms with Crippen LogP contribution >= 0.6 is 11.6 Å². The van der Waals surface area contributed by atoms with Crippen molar-refractivity contribution in [1.29, 1.82) is 0 Å². The Morgan fingerprint density at radius 1 is 1.00 bits per heavy atom. The van der Waals surface area contributed by atoms with Crippen LogP contribution in [0.4, 0.5) is 5.69 Å². The largest absolute Gasteiger partial charge is 0.456 e. The molecular weight excluding hydrogens is 580 g/mol. The maximum Gasteiger partial charge on any atom is 0.338 e. The smallest absolute Gasteiger partial charge is 0.338 e. The molecule has 2 fully saturated rings. The molecule has 0 bridgehead atoms. The monoisotopic (exact) mass is 618 g/mol. The van der Waals surface area contributed by atoms with E-state index in [1.807, 2.05) is 20.8 Å². The molecule has 10 nitrogen and oxygen atoms in total. The Hall–Kier alpha value is -4.05. The Kier molecular flexibility index (Phi) is 9.78. The van der Waals surface area contributed by atoms with Crippen molar-refractivity contribution in [3.63, 3.8) is 0 Å². The summed E-state index contributed by atoms with van der Waals surface area (Å²) in [7, 11) is 0. The minimum absolute atomic E-state index is 0.0605. The Balaban J connectivity index is 1.38. The van der Waals surface area contributed by atoms with E-state index >= 15 is 0 Å². The van der Waals surface area contributed by atoms with Crippen LogP contribution in [-0.2, 0) is 14.3 Å². The summed E-state index contributed by atoms with van der Waals surface area (Å²) in [6, 6.07) is 11.3. The number of halogens is 1. The molecule has 1 aliphatic carbocycles. The summed E-state index contributed by atoms with van der Waals surface area (Å²) in [6.07, 6.45) is 12.0. The van der Waals surface area contributed by atoms with E-state index in [0.29, 0.717) is 40.0 Å². The molecule has 2 heterocycles. The first-order valence-electron chi connectivity index (χ1n) is 15.2. The van der Waals surface area contributed by atoms with Gasteiger partial charge in [-0.3, -0.25) is 9.59 Å². The Labute approximate surface area is 262 Å². The van der Waals surface area contributed by atoms with Crippen molar-refractivity contribution >= 4 is 41.1 Å². The van der Waals surface area contributed by atoms with Gasteiger partial charge < -0.3 is 15.0 Å². The molecule has 3 aromatic rings. The predicted molar refractivity (Wildman–Crippen MR) is 168 cm³/mol. The highest BCUT2D eigenvalue weighted by Crippen LogP contribution is 2.39. The number of carbonyl (C=O) groups is 3. The van der Waals surface area contributed by atoms with Crippen LogP contribution in [-0.4, -0.2) is 61.1 Å². The maximum absolute atomic E-state index is 14.0. The molecule has 0 radical (unpaired) electrons. The topological polar surface area (TPSA) is 119 Å². The van der Waals surface area contributed by atoms with Crippen molar-refractivity contribution < 1.29 is 19.1 Å². The van der Waals surface area contributed by atoms with Crippen LogP contribution < -0.4 is 5.32 Å². The van der Waals surface area contributed by atoms with Crippen LogP contribution in [0, 0.1) is 11.8 Å². The van der Waals surface area contributed by atoms with Gasteiger partial charge in [0.05, 0.1) is 11.3 Å². The van der Waals surface area contributed by atoms with Crippen LogP contribution in [0.1, 0.15) is 81.6 Å². The molecule has 2 amide bonds. The fourth-order valence-electron chi connectivity index (χ4n) is 6.30. The number of aromatic nitrogens is 4. The zero-order chi connectivity index (χ0) is 31.3. The molecule has 11 heteroatoms. The number of tetrazole rings is 1. The summed E-state index contributed by atoms with van der Waals surface area (Å²) in [6.45, 7) is 5.93. The number of nitrogens with one attached hydrogen (secondary N) is 1. The number of likely N-dealkylation sites (tertiary alicyclic amines) is 1. The molecule has 2 atom stereocenters. The lowest BCUT2D eigenvalue weighted by Gasteiger charge is -2.44. The lowest BCUT2D eigenvalue weighted by molar-refractivity contribution is -0.140. The molecule has 2 unspecified atom stereocenters. The predicted octanol–water partition coefficient (Wildman–Crippen LogP) is 6.11. The summed E-state index contributed by atoms with van der Waals surface area (Å²) >= 11 is 6.28. The molecule has 5 rings (SSSR count). The van der Waals surface area contributed by atoms with Crippen LogP contribution in [0.2, 0.25) is 5.02 Å². The zero-order valence-corrected chi connectivity index (χ0v) is 26.2. The number of amides is 2. The van der Waals surface area contributed by atoms with E-state index in [4.69, 9.17) is 16.3 Å². The number of anilines is 1. The van der Waals surface area contributed by atoms with Gasteiger partial charge in [0.1, 0.15) is 18.0 Å². The Bertz CT molecular complexity index is 1490. The van der Waals surface area contributed by atoms with Gasteiger partial charge in [0, 0.05) is 28.9 Å². The van der Waals surface area contributed by atoms with Gasteiger partial charge in [-0.2, -0.15) is 4.68 Å². The number of benzene rings is 2. The van der Waals surface area contributed by atoms with Gasteiger partial charge in [-0.15, -0.1) is 5.10 Å². The van der Waals surface area contributed by atoms with E-state index < -0.39 is 17.6 Å². The highest BCUT2D eigenvalue weighted by atomic mass is 35.5. The van der Waals surface area contributed by atoms with E-state index in [1.165, 1.54) is 23.5 Å². The number of esters is 1. The van der Waals surface area contributed by atoms with E-state index in [9.17, 15) is 14.4 Å². The van der Waals surface area contributed by atoms with Gasteiger partial charge in [-0.25, -0.2) is 4.79 Å². The van der Waals surface area contributed by atoms with Crippen molar-refractivity contribution in [2.45, 2.75) is 77.4 Å². The van der Waals surface area contributed by atoms with Gasteiger partial charge in [0.2, 0.25) is 11.8 Å². The second-order valence-electron chi connectivity index (χ2n) is 12.5. The van der Waals surface area contributed by atoms with Gasteiger partial charge in [-0.1, -0.05) is 43.7 Å². The summed E-state index contributed by atoms with van der Waals surface area (Å²) in [5.41, 5.74) is 1.70. The number of hydrogen-bond donors (Lipinski definition) is 1. The number of rotatable bonds is 7. The van der Waals surface area contributed by atoms with Gasteiger partial charge in [0.25, 0.3) is 0 Å². The fraction of sp³-hybridized carbons (Fsp3) is 0.455. The molecule has 44 heavy (non-hydrogen) atoms. The third-order valence-corrected chi connectivity index (χ3v) is 8.50. The number of nitrogens with zero attached hydrogens (tertiary/aromatic N) is 5. The second-order valence-corrected chi connectivity index (χ2v) is 13.0. The molecule has 1 aliphatic heterocycles. The standard InChI is InChI=1S/C33H39ClN6O4/c1-33(2,3)44-32(43)23-11-15-26(16-12-23)36-31(42)30-27(22-8-5-4-6-9-22)10-7-19-39(30)29(41)18-13-24-20-25(34)14-17-28(24)40-21-35-37-38-40/h11-18,20-22,27,30H,4-10,19H2,1-3H3,(H,36,42). The first-order chi connectivity index (χ1) is 21.1. The first kappa shape index (κ1) is 31.4. The molecule has 1 saturated carbocycles. The number of hydrogen-bond acceptors (Lipinski definition) is 7. The number of carbonyl (C=O) groups excluding carboxylic acids is 3. The van der Waals surface area contributed by atoms with E-state index in [1.54, 1.807) is 53.4 Å². The van der Waals surface area contributed by atoms with Crippen molar-refractivity contribution in [2.75, 3.05) is 11.9 Å². The molecule has 0 spiro atoms. The van der Waals surface area contributed by atoms with Crippen LogP contribution in [0.5, 0.6) is 0 Å². The Morgan fingerprint density at radius 3 is 2.43 bits per heavy atom. The number of piperidine rings is 1. The highest BCUT2D eigenvalue weighted by Gasteiger charge is 2.42. The Morgan fingerprint density at radius 2 is 1.75 bits per heavy atom. The summed E-state index contributed by atoms with van der Waals surface area (Å²) in [5, 5.41) is 14.9. The summed E-state index contributed by atoms with van der Waals surface area (Å²) < 4.78 is 6.96. The second kappa shape index (κ2) is 13.7. The van der Waals surface area contributed by atoms with Gasteiger partial charge >= 0.3 is 5.97 Å². The van der Waals surface area contributed by atoms with Crippen molar-refractivity contribution in [1.82, 2.24) is 25.1 Å². The average molecular weight is 619 g/mol. The third kappa shape index (κ3) is 7.72. The van der Waals surface area contributed by atoms with Crippen molar-refractivity contribution in [2.24, 2.45) is 11.8 Å². The quantitative estimate of drug-likeness (QED) is 0.251. The van der Waals surface area contributed by atoms with Crippen molar-refractivity contribution in [3.05, 3.63) is 71.0 Å². The third-order valence-electron chi connectivity index (χ3n) is 8.26. The average Bonchev–Trinajstić information content (AvgIpc) is 3.54. The maximum atomic E-state index is 14.0. The molecular formula is C33H39ClN6O4. The molecule has 1 saturated heterocycles. The lowest BCUT2D eigenvalue weighted by Crippen LogP contribution is -2.55. The molecule has 2 aliphatic rings. The normalized spacial score (nSPS) is 19.6. The molecule has 1 aromatic heterocycles. The van der Waals surface area contributed by atoms with E-state index in [0.717, 1.165) is 38.5 Å². The molecule has 2 aromatic carbocycles. The van der Waals surface area contributed by atoms with Crippen LogP contribution in [0.25, 0.3) is 11.8 Å². The summed E-state index contributed by atoms with van der Waals surface area (Å²) in [5.74, 6) is -0.442. The minimum Gasteiger partial charge on any atom is -0.456 e. The fourth-order valence-corrected chi connectivity index (χ4v) is 6.48. The zero-order valence-electron chi connectivity index (χ0n) is 25.4. The highest BCUT2D eigenvalue weighted by molar-refractivity contribution is 6.30. The SMILES string of the molecule is CC(C)(C)OC(=O)c1ccc(NC(=O)C2C(C3CCCCC3)CCCN2C(=O)C=Cc2cc(Cl)ccc2-n2cnnn2)cc1. The van der Waals surface area contributed by atoms with Gasteiger partial charge in [-0.05, 0) is 104 Å². The molecule has 232 valence electrons. The van der Waals surface area contributed by atoms with E-state index in [-0.39, 0.29) is 17.7 Å². The van der Waals surface area contributed by atoms with Crippen molar-refractivity contribution in [3.8, 4) is 5.69 Å². The minimum atomic E-state index is -0.618. The number of ether oxygens (including phenoxy) is 1. The van der Waals surface area contributed by atoms with Gasteiger partial charge in [0.15, 0.2) is 0 Å². The van der Waals surface area contributed by atoms with Crippen LogP contribution in [0.3, 0.4) is 0 Å². The van der Waals surface area contributed by atoms with E-state index in [2.05, 4.69) is 20.8 Å². The van der Waals surface area contributed by atoms with Crippen LogP contribution in [0.15, 0.2) is 54.9 Å². The summed E-state index contributed by atoms with van der Waals surface area (Å²) in [4.78, 5) is 42.0.